The Morgan fingerprint density at radius 2 is 1.90 bits per heavy atom. The molecule has 1 aromatic rings. The Kier molecular flexibility index (Phi) is 6.25. The Balaban J connectivity index is 1.86. The molecule has 0 saturated carbocycles. The number of piperazine rings is 1. The van der Waals surface area contributed by atoms with Gasteiger partial charge in [-0.25, -0.2) is 0 Å². The van der Waals surface area contributed by atoms with Crippen molar-refractivity contribution in [2.45, 2.75) is 64.5 Å². The summed E-state index contributed by atoms with van der Waals surface area (Å²) in [4.78, 5) is 2.70. The maximum Gasteiger partial charge on any atom is 0.0278 e. The number of rotatable bonds is 7. The van der Waals surface area contributed by atoms with E-state index in [1.807, 2.05) is 0 Å². The molecule has 1 atom stereocenters. The van der Waals surface area contributed by atoms with Crippen molar-refractivity contribution >= 4 is 0 Å². The van der Waals surface area contributed by atoms with E-state index >= 15 is 0 Å². The van der Waals surface area contributed by atoms with Crippen molar-refractivity contribution in [2.24, 2.45) is 0 Å². The van der Waals surface area contributed by atoms with E-state index in [2.05, 4.69) is 61.3 Å². The van der Waals surface area contributed by atoms with Crippen LogP contribution in [0.25, 0.3) is 0 Å². The lowest BCUT2D eigenvalue weighted by molar-refractivity contribution is 0.0643. The largest absolute Gasteiger partial charge is 0.311 e. The molecule has 1 fully saturated rings. The van der Waals surface area contributed by atoms with Gasteiger partial charge in [-0.1, -0.05) is 56.5 Å². The molecule has 0 spiro atoms. The minimum atomic E-state index is 0.291. The van der Waals surface area contributed by atoms with Gasteiger partial charge in [0.05, 0.1) is 0 Å². The third kappa shape index (κ3) is 5.12. The van der Waals surface area contributed by atoms with Crippen molar-refractivity contribution < 1.29 is 0 Å². The van der Waals surface area contributed by atoms with Crippen molar-refractivity contribution in [1.82, 2.24) is 10.2 Å². The van der Waals surface area contributed by atoms with E-state index in [1.165, 1.54) is 44.3 Å². The van der Waals surface area contributed by atoms with Gasteiger partial charge in [0.1, 0.15) is 0 Å². The number of unbranched alkanes of at least 4 members (excludes halogenated alkanes) is 3. The van der Waals surface area contributed by atoms with Crippen LogP contribution >= 0.6 is 0 Å². The molecule has 1 N–H and O–H groups in total. The molecule has 1 aromatic carbocycles. The zero-order chi connectivity index (χ0) is 15.1. The molecular weight excluding hydrogens is 256 g/mol. The SMILES string of the molecule is CCCCCCN1CC(Cc2ccccc2)NCC1(C)C. The highest BCUT2D eigenvalue weighted by Gasteiger charge is 2.33. The van der Waals surface area contributed by atoms with E-state index in [4.69, 9.17) is 0 Å². The summed E-state index contributed by atoms with van der Waals surface area (Å²) < 4.78 is 0. The smallest absolute Gasteiger partial charge is 0.0278 e. The molecule has 1 unspecified atom stereocenters. The lowest BCUT2D eigenvalue weighted by Gasteiger charge is -2.46. The van der Waals surface area contributed by atoms with Gasteiger partial charge in [-0.2, -0.15) is 0 Å². The van der Waals surface area contributed by atoms with Crippen LogP contribution in [0.5, 0.6) is 0 Å². The summed E-state index contributed by atoms with van der Waals surface area (Å²) in [5.41, 5.74) is 1.74. The minimum absolute atomic E-state index is 0.291. The molecule has 2 heteroatoms. The molecule has 1 aliphatic heterocycles. The first-order valence-corrected chi connectivity index (χ1v) is 8.64. The van der Waals surface area contributed by atoms with E-state index in [0.29, 0.717) is 11.6 Å². The molecule has 118 valence electrons. The molecule has 0 amide bonds. The average molecular weight is 288 g/mol. The fourth-order valence-corrected chi connectivity index (χ4v) is 3.24. The van der Waals surface area contributed by atoms with Crippen LogP contribution < -0.4 is 5.32 Å². The molecule has 0 aliphatic carbocycles. The van der Waals surface area contributed by atoms with Crippen molar-refractivity contribution in [3.05, 3.63) is 35.9 Å². The maximum absolute atomic E-state index is 3.75. The predicted octanol–water partition coefficient (Wildman–Crippen LogP) is 3.86. The summed E-state index contributed by atoms with van der Waals surface area (Å²) in [5.74, 6) is 0. The first-order valence-electron chi connectivity index (χ1n) is 8.64. The Morgan fingerprint density at radius 1 is 1.14 bits per heavy atom. The van der Waals surface area contributed by atoms with Crippen LogP contribution in [0.15, 0.2) is 30.3 Å². The van der Waals surface area contributed by atoms with Gasteiger partial charge in [-0.3, -0.25) is 4.90 Å². The van der Waals surface area contributed by atoms with Crippen LogP contribution in [0.2, 0.25) is 0 Å². The maximum atomic E-state index is 3.75. The van der Waals surface area contributed by atoms with Gasteiger partial charge in [-0.05, 0) is 38.8 Å². The van der Waals surface area contributed by atoms with E-state index < -0.39 is 0 Å². The summed E-state index contributed by atoms with van der Waals surface area (Å²) in [5, 5.41) is 3.75. The first-order chi connectivity index (χ1) is 10.1. The molecular formula is C19H32N2. The quantitative estimate of drug-likeness (QED) is 0.766. The Morgan fingerprint density at radius 3 is 2.62 bits per heavy atom. The van der Waals surface area contributed by atoms with E-state index in [0.717, 1.165) is 13.0 Å². The molecule has 0 bridgehead atoms. The zero-order valence-corrected chi connectivity index (χ0v) is 14.1. The Hall–Kier alpha value is -0.860. The van der Waals surface area contributed by atoms with Crippen molar-refractivity contribution in [3.8, 4) is 0 Å². The van der Waals surface area contributed by atoms with Gasteiger partial charge in [0.2, 0.25) is 0 Å². The van der Waals surface area contributed by atoms with Gasteiger partial charge in [0.25, 0.3) is 0 Å². The van der Waals surface area contributed by atoms with E-state index in [9.17, 15) is 0 Å². The van der Waals surface area contributed by atoms with Crippen LogP contribution in [0.1, 0.15) is 52.0 Å². The number of hydrogen-bond donors (Lipinski definition) is 1. The van der Waals surface area contributed by atoms with Gasteiger partial charge in [0, 0.05) is 24.7 Å². The van der Waals surface area contributed by atoms with Gasteiger partial charge in [0.15, 0.2) is 0 Å². The molecule has 0 aromatic heterocycles. The van der Waals surface area contributed by atoms with Crippen LogP contribution in [-0.4, -0.2) is 36.1 Å². The highest BCUT2D eigenvalue weighted by molar-refractivity contribution is 5.16. The minimum Gasteiger partial charge on any atom is -0.311 e. The summed E-state index contributed by atoms with van der Waals surface area (Å²) in [6.45, 7) is 10.5. The second kappa shape index (κ2) is 7.95. The normalized spacial score (nSPS) is 22.3. The van der Waals surface area contributed by atoms with Crippen molar-refractivity contribution in [3.63, 3.8) is 0 Å². The molecule has 21 heavy (non-hydrogen) atoms. The molecule has 1 saturated heterocycles. The Bertz CT molecular complexity index is 399. The molecule has 2 rings (SSSR count). The number of nitrogens with zero attached hydrogens (tertiary/aromatic N) is 1. The van der Waals surface area contributed by atoms with Crippen molar-refractivity contribution in [1.29, 1.82) is 0 Å². The highest BCUT2D eigenvalue weighted by Crippen LogP contribution is 2.21. The monoisotopic (exact) mass is 288 g/mol. The number of benzene rings is 1. The van der Waals surface area contributed by atoms with E-state index in [1.54, 1.807) is 0 Å². The van der Waals surface area contributed by atoms with Crippen LogP contribution in [0, 0.1) is 0 Å². The van der Waals surface area contributed by atoms with Crippen molar-refractivity contribution in [2.75, 3.05) is 19.6 Å². The highest BCUT2D eigenvalue weighted by atomic mass is 15.3. The van der Waals surface area contributed by atoms with Crippen LogP contribution in [0.3, 0.4) is 0 Å². The number of hydrogen-bond acceptors (Lipinski definition) is 2. The second-order valence-electron chi connectivity index (χ2n) is 7.09. The van der Waals surface area contributed by atoms with Gasteiger partial charge in [-0.15, -0.1) is 0 Å². The van der Waals surface area contributed by atoms with Crippen LogP contribution in [0.4, 0.5) is 0 Å². The van der Waals surface area contributed by atoms with E-state index in [-0.39, 0.29) is 0 Å². The fraction of sp³-hybridized carbons (Fsp3) is 0.684. The summed E-state index contributed by atoms with van der Waals surface area (Å²) in [6, 6.07) is 11.5. The molecule has 1 aliphatic rings. The summed E-state index contributed by atoms with van der Waals surface area (Å²) in [7, 11) is 0. The summed E-state index contributed by atoms with van der Waals surface area (Å²) in [6.07, 6.45) is 6.55. The third-order valence-electron chi connectivity index (χ3n) is 4.73. The fourth-order valence-electron chi connectivity index (χ4n) is 3.24. The molecule has 1 heterocycles. The van der Waals surface area contributed by atoms with Gasteiger partial charge >= 0.3 is 0 Å². The Labute approximate surface area is 130 Å². The predicted molar refractivity (Wildman–Crippen MR) is 91.7 cm³/mol. The standard InChI is InChI=1S/C19H32N2/c1-4-5-6-10-13-21-15-18(20-16-19(21,2)3)14-17-11-8-7-9-12-17/h7-9,11-12,18,20H,4-6,10,13-16H2,1-3H3. The first kappa shape index (κ1) is 16.5. The lowest BCUT2D eigenvalue weighted by atomic mass is 9.94. The zero-order valence-electron chi connectivity index (χ0n) is 14.1. The average Bonchev–Trinajstić information content (AvgIpc) is 2.48. The van der Waals surface area contributed by atoms with Gasteiger partial charge < -0.3 is 5.32 Å². The molecule has 0 radical (unpaired) electrons. The number of nitrogens with one attached hydrogen (secondary N) is 1. The molecule has 2 nitrogen and oxygen atoms in total. The lowest BCUT2D eigenvalue weighted by Crippen LogP contribution is -2.62. The second-order valence-corrected chi connectivity index (χ2v) is 7.09. The topological polar surface area (TPSA) is 15.3 Å². The summed E-state index contributed by atoms with van der Waals surface area (Å²) >= 11 is 0. The van der Waals surface area contributed by atoms with Crippen LogP contribution in [-0.2, 0) is 6.42 Å². The third-order valence-corrected chi connectivity index (χ3v) is 4.73.